The molecule has 3 rings (SSSR count). The van der Waals surface area contributed by atoms with Gasteiger partial charge in [-0.3, -0.25) is 0 Å². The molecular formula is C12H15N5O2. The van der Waals surface area contributed by atoms with Crippen molar-refractivity contribution < 1.29 is 9.26 Å². The van der Waals surface area contributed by atoms with Crippen LogP contribution in [0.15, 0.2) is 10.7 Å². The lowest BCUT2D eigenvalue weighted by Gasteiger charge is -2.03. The van der Waals surface area contributed by atoms with E-state index < -0.39 is 0 Å². The van der Waals surface area contributed by atoms with Gasteiger partial charge in [-0.25, -0.2) is 9.97 Å². The monoisotopic (exact) mass is 261 g/mol. The summed E-state index contributed by atoms with van der Waals surface area (Å²) in [5.41, 5.74) is 2.03. The van der Waals surface area contributed by atoms with Crippen LogP contribution in [0.4, 0.5) is 5.95 Å². The zero-order chi connectivity index (χ0) is 13.1. The Balaban J connectivity index is 1.54. The van der Waals surface area contributed by atoms with Gasteiger partial charge in [0.2, 0.25) is 11.8 Å². The molecule has 0 atom stereocenters. The first-order chi connectivity index (χ1) is 9.35. The average molecular weight is 261 g/mol. The van der Waals surface area contributed by atoms with Gasteiger partial charge in [0, 0.05) is 31.1 Å². The number of aromatic nitrogens is 4. The van der Waals surface area contributed by atoms with Gasteiger partial charge in [0.05, 0.1) is 18.9 Å². The smallest absolute Gasteiger partial charge is 0.228 e. The average Bonchev–Trinajstić information content (AvgIpc) is 3.06. The summed E-state index contributed by atoms with van der Waals surface area (Å²) >= 11 is 0. The largest absolute Gasteiger partial charge is 0.370 e. The van der Waals surface area contributed by atoms with Crippen LogP contribution in [0.5, 0.6) is 0 Å². The molecule has 19 heavy (non-hydrogen) atoms. The lowest BCUT2D eigenvalue weighted by atomic mass is 10.3. The molecule has 2 aromatic heterocycles. The molecule has 1 aliphatic rings. The quantitative estimate of drug-likeness (QED) is 0.862. The Morgan fingerprint density at radius 1 is 1.32 bits per heavy atom. The molecule has 1 aliphatic heterocycles. The second-order valence-corrected chi connectivity index (χ2v) is 4.29. The minimum atomic E-state index is 0.566. The number of hydrogen-bond donors (Lipinski definition) is 1. The van der Waals surface area contributed by atoms with E-state index in [-0.39, 0.29) is 0 Å². The normalized spacial score (nSPS) is 13.5. The molecule has 0 bridgehead atoms. The zero-order valence-corrected chi connectivity index (χ0v) is 10.7. The summed E-state index contributed by atoms with van der Waals surface area (Å²) < 4.78 is 10.4. The van der Waals surface area contributed by atoms with Gasteiger partial charge in [-0.15, -0.1) is 0 Å². The van der Waals surface area contributed by atoms with Crippen LogP contribution in [0.1, 0.15) is 29.9 Å². The molecule has 0 saturated heterocycles. The minimum Gasteiger partial charge on any atom is -0.370 e. The number of nitrogens with one attached hydrogen (secondary N) is 1. The predicted octanol–water partition coefficient (Wildman–Crippen LogP) is 1.11. The van der Waals surface area contributed by atoms with E-state index in [1.165, 1.54) is 0 Å². The van der Waals surface area contributed by atoms with Gasteiger partial charge < -0.3 is 14.6 Å². The molecule has 100 valence electrons. The Bertz CT molecular complexity index is 569. The molecule has 0 unspecified atom stereocenters. The second kappa shape index (κ2) is 5.31. The number of fused-ring (bicyclic) bond motifs is 1. The summed E-state index contributed by atoms with van der Waals surface area (Å²) in [6.45, 7) is 3.83. The molecule has 3 heterocycles. The molecule has 2 aromatic rings. The van der Waals surface area contributed by atoms with Crippen LogP contribution in [0, 0.1) is 0 Å². The van der Waals surface area contributed by atoms with Gasteiger partial charge in [0.25, 0.3) is 0 Å². The third-order valence-corrected chi connectivity index (χ3v) is 2.90. The molecule has 0 aromatic carbocycles. The number of rotatable bonds is 5. The van der Waals surface area contributed by atoms with E-state index in [9.17, 15) is 0 Å². The van der Waals surface area contributed by atoms with Crippen LogP contribution in [0.2, 0.25) is 0 Å². The maximum atomic E-state index is 5.30. The van der Waals surface area contributed by atoms with Crippen LogP contribution < -0.4 is 5.32 Å². The highest BCUT2D eigenvalue weighted by molar-refractivity contribution is 5.30. The summed E-state index contributed by atoms with van der Waals surface area (Å²) in [5, 5.41) is 6.99. The highest BCUT2D eigenvalue weighted by Crippen LogP contribution is 2.17. The highest BCUT2D eigenvalue weighted by Gasteiger charge is 2.13. The van der Waals surface area contributed by atoms with Crippen molar-refractivity contribution in [1.82, 2.24) is 20.1 Å². The SMILES string of the molecule is CCc1noc(CCNc2ncc3c(n2)COC3)n1. The van der Waals surface area contributed by atoms with E-state index in [2.05, 4.69) is 25.4 Å². The Labute approximate surface area is 110 Å². The Morgan fingerprint density at radius 3 is 3.11 bits per heavy atom. The van der Waals surface area contributed by atoms with Crippen molar-refractivity contribution >= 4 is 5.95 Å². The molecule has 0 radical (unpaired) electrons. The minimum absolute atomic E-state index is 0.566. The third kappa shape index (κ3) is 2.70. The molecular weight excluding hydrogens is 246 g/mol. The van der Waals surface area contributed by atoms with Gasteiger partial charge in [-0.05, 0) is 0 Å². The fourth-order valence-electron chi connectivity index (χ4n) is 1.85. The van der Waals surface area contributed by atoms with Crippen molar-refractivity contribution in [3.8, 4) is 0 Å². The van der Waals surface area contributed by atoms with Crippen molar-refractivity contribution in [2.75, 3.05) is 11.9 Å². The van der Waals surface area contributed by atoms with Crippen molar-refractivity contribution in [3.63, 3.8) is 0 Å². The Morgan fingerprint density at radius 2 is 2.26 bits per heavy atom. The summed E-state index contributed by atoms with van der Waals surface area (Å²) in [4.78, 5) is 12.9. The fourth-order valence-corrected chi connectivity index (χ4v) is 1.85. The maximum Gasteiger partial charge on any atom is 0.228 e. The van der Waals surface area contributed by atoms with Crippen LogP contribution in [0.3, 0.4) is 0 Å². The number of anilines is 1. The molecule has 1 N–H and O–H groups in total. The summed E-state index contributed by atoms with van der Waals surface area (Å²) in [6, 6.07) is 0. The summed E-state index contributed by atoms with van der Waals surface area (Å²) in [6.07, 6.45) is 3.24. The van der Waals surface area contributed by atoms with Crippen molar-refractivity contribution in [2.45, 2.75) is 33.0 Å². The van der Waals surface area contributed by atoms with Crippen LogP contribution >= 0.6 is 0 Å². The zero-order valence-electron chi connectivity index (χ0n) is 10.7. The van der Waals surface area contributed by atoms with Crippen LogP contribution in [-0.4, -0.2) is 26.7 Å². The molecule has 0 aliphatic carbocycles. The van der Waals surface area contributed by atoms with E-state index in [1.807, 2.05) is 6.92 Å². The third-order valence-electron chi connectivity index (χ3n) is 2.90. The first-order valence-electron chi connectivity index (χ1n) is 6.33. The second-order valence-electron chi connectivity index (χ2n) is 4.29. The number of nitrogens with zero attached hydrogens (tertiary/aromatic N) is 4. The van der Waals surface area contributed by atoms with Crippen LogP contribution in [0.25, 0.3) is 0 Å². The highest BCUT2D eigenvalue weighted by atomic mass is 16.5. The van der Waals surface area contributed by atoms with E-state index in [1.54, 1.807) is 6.20 Å². The Hall–Kier alpha value is -2.02. The molecule has 0 spiro atoms. The number of hydrogen-bond acceptors (Lipinski definition) is 7. The first-order valence-corrected chi connectivity index (χ1v) is 6.33. The molecule has 0 amide bonds. The fraction of sp³-hybridized carbons (Fsp3) is 0.500. The standard InChI is InChI=1S/C12H15N5O2/c1-2-10-16-11(19-17-10)3-4-13-12-14-5-8-6-18-7-9(8)15-12/h5H,2-4,6-7H2,1H3,(H,13,14,15). The lowest BCUT2D eigenvalue weighted by molar-refractivity contribution is 0.133. The van der Waals surface area contributed by atoms with Gasteiger partial charge in [0.1, 0.15) is 0 Å². The van der Waals surface area contributed by atoms with Crippen molar-refractivity contribution in [1.29, 1.82) is 0 Å². The van der Waals surface area contributed by atoms with Crippen molar-refractivity contribution in [3.05, 3.63) is 29.2 Å². The molecule has 0 fully saturated rings. The summed E-state index contributed by atoms with van der Waals surface area (Å²) in [7, 11) is 0. The number of aryl methyl sites for hydroxylation is 1. The molecule has 0 saturated carbocycles. The summed E-state index contributed by atoms with van der Waals surface area (Å²) in [5.74, 6) is 1.98. The lowest BCUT2D eigenvalue weighted by Crippen LogP contribution is -2.09. The Kier molecular flexibility index (Phi) is 3.37. The van der Waals surface area contributed by atoms with Gasteiger partial charge in [-0.1, -0.05) is 12.1 Å². The van der Waals surface area contributed by atoms with E-state index in [0.29, 0.717) is 38.0 Å². The topological polar surface area (TPSA) is 86.0 Å². The van der Waals surface area contributed by atoms with Gasteiger partial charge in [-0.2, -0.15) is 4.98 Å². The first kappa shape index (κ1) is 12.0. The maximum absolute atomic E-state index is 5.30. The van der Waals surface area contributed by atoms with E-state index in [0.717, 1.165) is 23.5 Å². The molecule has 7 heteroatoms. The van der Waals surface area contributed by atoms with Gasteiger partial charge >= 0.3 is 0 Å². The predicted molar refractivity (Wildman–Crippen MR) is 66.4 cm³/mol. The van der Waals surface area contributed by atoms with E-state index in [4.69, 9.17) is 9.26 Å². The number of ether oxygens (including phenoxy) is 1. The molecule has 7 nitrogen and oxygen atoms in total. The van der Waals surface area contributed by atoms with E-state index >= 15 is 0 Å². The van der Waals surface area contributed by atoms with Crippen LogP contribution in [-0.2, 0) is 30.8 Å². The van der Waals surface area contributed by atoms with Crippen molar-refractivity contribution in [2.24, 2.45) is 0 Å². The van der Waals surface area contributed by atoms with Gasteiger partial charge in [0.15, 0.2) is 5.82 Å².